The van der Waals surface area contributed by atoms with Gasteiger partial charge in [0, 0.05) is 6.92 Å². The molecule has 0 bridgehead atoms. The van der Waals surface area contributed by atoms with Gasteiger partial charge in [-0.2, -0.15) is 0 Å². The Bertz CT molecular complexity index is 325. The lowest BCUT2D eigenvalue weighted by Crippen LogP contribution is -2.05. The van der Waals surface area contributed by atoms with Crippen molar-refractivity contribution in [3.8, 4) is 5.75 Å². The van der Waals surface area contributed by atoms with Gasteiger partial charge < -0.3 is 10.4 Å². The molecule has 4 heteroatoms. The van der Waals surface area contributed by atoms with E-state index >= 15 is 0 Å². The van der Waals surface area contributed by atoms with E-state index in [-0.39, 0.29) is 11.7 Å². The Balaban J connectivity index is 3.01. The van der Waals surface area contributed by atoms with E-state index in [1.165, 1.54) is 18.7 Å². The first kappa shape index (κ1) is 9.92. The molecule has 0 radical (unpaired) electrons. The van der Waals surface area contributed by atoms with Gasteiger partial charge in [-0.1, -0.05) is 6.07 Å². The van der Waals surface area contributed by atoms with E-state index in [4.69, 9.17) is 0 Å². The number of para-hydroxylation sites is 1. The molecule has 0 aliphatic rings. The van der Waals surface area contributed by atoms with Gasteiger partial charge in [0.1, 0.15) is 0 Å². The van der Waals surface area contributed by atoms with Crippen LogP contribution in [0, 0.1) is 0 Å². The highest BCUT2D eigenvalue weighted by atomic mass is 32.2. The maximum absolute atomic E-state index is 10.7. The Kier molecular flexibility index (Phi) is 3.19. The number of thioether (sulfide) groups is 1. The number of carbonyl (C=O) groups excluding carboxylic acids is 1. The summed E-state index contributed by atoms with van der Waals surface area (Å²) < 4.78 is 0. The van der Waals surface area contributed by atoms with Gasteiger partial charge in [-0.25, -0.2) is 0 Å². The number of rotatable bonds is 2. The fraction of sp³-hybridized carbons (Fsp3) is 0.222. The maximum Gasteiger partial charge on any atom is 0.221 e. The third-order valence-electron chi connectivity index (χ3n) is 1.53. The van der Waals surface area contributed by atoms with Crippen molar-refractivity contribution in [2.24, 2.45) is 0 Å². The molecule has 0 fully saturated rings. The minimum Gasteiger partial charge on any atom is -0.505 e. The summed E-state index contributed by atoms with van der Waals surface area (Å²) in [5.74, 6) is -0.0567. The average molecular weight is 197 g/mol. The van der Waals surface area contributed by atoms with Crippen LogP contribution in [0.3, 0.4) is 0 Å². The average Bonchev–Trinajstić information content (AvgIpc) is 2.08. The Morgan fingerprint density at radius 3 is 2.77 bits per heavy atom. The van der Waals surface area contributed by atoms with Crippen LogP contribution in [0.4, 0.5) is 5.69 Å². The smallest absolute Gasteiger partial charge is 0.221 e. The monoisotopic (exact) mass is 197 g/mol. The van der Waals surface area contributed by atoms with E-state index in [1.54, 1.807) is 18.2 Å². The lowest BCUT2D eigenvalue weighted by atomic mass is 10.3. The van der Waals surface area contributed by atoms with Crippen LogP contribution < -0.4 is 5.32 Å². The first-order valence-electron chi connectivity index (χ1n) is 3.78. The summed E-state index contributed by atoms with van der Waals surface area (Å²) in [4.78, 5) is 11.5. The SMILES string of the molecule is CSc1cccc(NC(C)=O)c1O. The number of anilines is 1. The van der Waals surface area contributed by atoms with Gasteiger partial charge in [0.15, 0.2) is 5.75 Å². The van der Waals surface area contributed by atoms with Crippen LogP contribution in [0.2, 0.25) is 0 Å². The quantitative estimate of drug-likeness (QED) is 0.563. The number of aromatic hydroxyl groups is 1. The van der Waals surface area contributed by atoms with Gasteiger partial charge in [0.25, 0.3) is 0 Å². The van der Waals surface area contributed by atoms with Crippen LogP contribution in [-0.2, 0) is 4.79 Å². The summed E-state index contributed by atoms with van der Waals surface area (Å²) in [5.41, 5.74) is 0.458. The number of hydrogen-bond donors (Lipinski definition) is 2. The molecule has 0 unspecified atom stereocenters. The topological polar surface area (TPSA) is 49.3 Å². The molecule has 70 valence electrons. The number of phenols is 1. The van der Waals surface area contributed by atoms with Gasteiger partial charge >= 0.3 is 0 Å². The molecule has 0 aromatic heterocycles. The third kappa shape index (κ3) is 2.39. The van der Waals surface area contributed by atoms with Crippen molar-refractivity contribution in [1.82, 2.24) is 0 Å². The molecule has 1 aromatic rings. The molecule has 13 heavy (non-hydrogen) atoms. The number of phenolic OH excluding ortho intramolecular Hbond substituents is 1. The highest BCUT2D eigenvalue weighted by molar-refractivity contribution is 7.98. The predicted octanol–water partition coefficient (Wildman–Crippen LogP) is 2.07. The molecule has 1 aromatic carbocycles. The van der Waals surface area contributed by atoms with E-state index in [0.717, 1.165) is 4.90 Å². The normalized spacial score (nSPS) is 9.69. The van der Waals surface area contributed by atoms with Crippen molar-refractivity contribution in [2.45, 2.75) is 11.8 Å². The van der Waals surface area contributed by atoms with Gasteiger partial charge in [0.05, 0.1) is 10.6 Å². The van der Waals surface area contributed by atoms with Crippen LogP contribution >= 0.6 is 11.8 Å². The molecule has 3 nitrogen and oxygen atoms in total. The number of amides is 1. The van der Waals surface area contributed by atoms with Crippen molar-refractivity contribution in [2.75, 3.05) is 11.6 Å². The van der Waals surface area contributed by atoms with Crippen molar-refractivity contribution in [3.63, 3.8) is 0 Å². The van der Waals surface area contributed by atoms with Crippen LogP contribution in [0.25, 0.3) is 0 Å². The number of carbonyl (C=O) groups is 1. The maximum atomic E-state index is 10.7. The Labute approximate surface area is 81.2 Å². The summed E-state index contributed by atoms with van der Waals surface area (Å²) in [6.45, 7) is 1.41. The molecule has 0 heterocycles. The van der Waals surface area contributed by atoms with Crippen molar-refractivity contribution >= 4 is 23.4 Å². The van der Waals surface area contributed by atoms with Crippen LogP contribution in [0.1, 0.15) is 6.92 Å². The predicted molar refractivity (Wildman–Crippen MR) is 54.2 cm³/mol. The number of hydrogen-bond acceptors (Lipinski definition) is 3. The van der Waals surface area contributed by atoms with E-state index < -0.39 is 0 Å². The van der Waals surface area contributed by atoms with Crippen molar-refractivity contribution < 1.29 is 9.90 Å². The minimum absolute atomic E-state index is 0.130. The van der Waals surface area contributed by atoms with Gasteiger partial charge in [-0.15, -0.1) is 11.8 Å². The summed E-state index contributed by atoms with van der Waals surface area (Å²) in [5, 5.41) is 12.1. The molecule has 1 amide bonds. The van der Waals surface area contributed by atoms with Gasteiger partial charge in [-0.05, 0) is 18.4 Å². The van der Waals surface area contributed by atoms with E-state index in [2.05, 4.69) is 5.32 Å². The van der Waals surface area contributed by atoms with E-state index in [1.807, 2.05) is 6.26 Å². The lowest BCUT2D eigenvalue weighted by Gasteiger charge is -2.07. The second-order valence-electron chi connectivity index (χ2n) is 2.54. The largest absolute Gasteiger partial charge is 0.505 e. The number of nitrogens with one attached hydrogen (secondary N) is 1. The highest BCUT2D eigenvalue weighted by Gasteiger charge is 2.06. The molecule has 0 aliphatic carbocycles. The third-order valence-corrected chi connectivity index (χ3v) is 2.30. The minimum atomic E-state index is -0.187. The zero-order valence-corrected chi connectivity index (χ0v) is 8.31. The molecule has 1 rings (SSSR count). The fourth-order valence-corrected chi connectivity index (χ4v) is 1.50. The van der Waals surface area contributed by atoms with Crippen LogP contribution in [0.5, 0.6) is 5.75 Å². The van der Waals surface area contributed by atoms with E-state index in [9.17, 15) is 9.90 Å². The zero-order valence-electron chi connectivity index (χ0n) is 7.50. The summed E-state index contributed by atoms with van der Waals surface area (Å²) in [6, 6.07) is 5.25. The molecular weight excluding hydrogens is 186 g/mol. The molecule has 0 atom stereocenters. The standard InChI is InChI=1S/C9H11NO2S/c1-6(11)10-7-4-3-5-8(13-2)9(7)12/h3-5,12H,1-2H3,(H,10,11). The molecule has 2 N–H and O–H groups in total. The Morgan fingerprint density at radius 2 is 2.23 bits per heavy atom. The molecule has 0 spiro atoms. The summed E-state index contributed by atoms with van der Waals surface area (Å²) in [7, 11) is 0. The molecule has 0 saturated carbocycles. The van der Waals surface area contributed by atoms with Crippen LogP contribution in [0.15, 0.2) is 23.1 Å². The van der Waals surface area contributed by atoms with Crippen molar-refractivity contribution in [3.05, 3.63) is 18.2 Å². The first-order valence-corrected chi connectivity index (χ1v) is 5.01. The lowest BCUT2D eigenvalue weighted by molar-refractivity contribution is -0.114. The Morgan fingerprint density at radius 1 is 1.54 bits per heavy atom. The van der Waals surface area contributed by atoms with Gasteiger partial charge in [0.2, 0.25) is 5.91 Å². The number of benzene rings is 1. The second-order valence-corrected chi connectivity index (χ2v) is 3.39. The van der Waals surface area contributed by atoms with Gasteiger partial charge in [-0.3, -0.25) is 4.79 Å². The highest BCUT2D eigenvalue weighted by Crippen LogP contribution is 2.33. The molecular formula is C9H11NO2S. The second kappa shape index (κ2) is 4.18. The van der Waals surface area contributed by atoms with Crippen molar-refractivity contribution in [1.29, 1.82) is 0 Å². The molecule has 0 aliphatic heterocycles. The fourth-order valence-electron chi connectivity index (χ4n) is 0.978. The molecule has 0 saturated heterocycles. The zero-order chi connectivity index (χ0) is 9.84. The first-order chi connectivity index (χ1) is 6.15. The Hall–Kier alpha value is -1.16. The summed E-state index contributed by atoms with van der Waals surface area (Å²) in [6.07, 6.45) is 1.87. The summed E-state index contributed by atoms with van der Waals surface area (Å²) >= 11 is 1.44. The van der Waals surface area contributed by atoms with Crippen LogP contribution in [-0.4, -0.2) is 17.3 Å². The van der Waals surface area contributed by atoms with E-state index in [0.29, 0.717) is 5.69 Å².